The van der Waals surface area contributed by atoms with Gasteiger partial charge >= 0.3 is 0 Å². The zero-order chi connectivity index (χ0) is 9.52. The van der Waals surface area contributed by atoms with Gasteiger partial charge < -0.3 is 11.1 Å². The van der Waals surface area contributed by atoms with E-state index in [2.05, 4.69) is 15.3 Å². The molecule has 0 spiro atoms. The van der Waals surface area contributed by atoms with Crippen LogP contribution in [0.5, 0.6) is 0 Å². The van der Waals surface area contributed by atoms with Gasteiger partial charge in [-0.2, -0.15) is 0 Å². The van der Waals surface area contributed by atoms with Crippen LogP contribution >= 0.6 is 0 Å². The van der Waals surface area contributed by atoms with Crippen molar-refractivity contribution < 1.29 is 0 Å². The number of aromatic nitrogens is 2. The minimum Gasteiger partial charge on any atom is -0.330 e. The Kier molecular flexibility index (Phi) is 4.35. The Balaban J connectivity index is 2.25. The monoisotopic (exact) mass is 180 g/mol. The van der Waals surface area contributed by atoms with Crippen molar-refractivity contribution in [2.24, 2.45) is 5.73 Å². The molecule has 13 heavy (non-hydrogen) atoms. The normalized spacial score (nSPS) is 10.3. The molecule has 0 saturated heterocycles. The third kappa shape index (κ3) is 3.96. The standard InChI is InChI=1S/C9H16N4/c1-8-5-13-9(7-12-8)6-11-4-2-3-10/h5,7,11H,2-4,6,10H2,1H3. The molecular weight excluding hydrogens is 164 g/mol. The topological polar surface area (TPSA) is 63.8 Å². The molecule has 1 heterocycles. The van der Waals surface area contributed by atoms with Crippen molar-refractivity contribution >= 4 is 0 Å². The van der Waals surface area contributed by atoms with Gasteiger partial charge in [0, 0.05) is 18.9 Å². The third-order valence-electron chi connectivity index (χ3n) is 1.70. The van der Waals surface area contributed by atoms with Crippen molar-refractivity contribution in [2.75, 3.05) is 13.1 Å². The molecule has 0 radical (unpaired) electrons. The second-order valence-electron chi connectivity index (χ2n) is 2.97. The fraction of sp³-hybridized carbons (Fsp3) is 0.556. The van der Waals surface area contributed by atoms with Gasteiger partial charge in [0.15, 0.2) is 0 Å². The van der Waals surface area contributed by atoms with Gasteiger partial charge in [0.25, 0.3) is 0 Å². The van der Waals surface area contributed by atoms with Gasteiger partial charge in [0.05, 0.1) is 11.4 Å². The van der Waals surface area contributed by atoms with Crippen LogP contribution in [0.4, 0.5) is 0 Å². The highest BCUT2D eigenvalue weighted by Gasteiger charge is 1.93. The van der Waals surface area contributed by atoms with Crippen molar-refractivity contribution in [3.8, 4) is 0 Å². The van der Waals surface area contributed by atoms with E-state index in [9.17, 15) is 0 Å². The Labute approximate surface area is 78.6 Å². The highest BCUT2D eigenvalue weighted by Crippen LogP contribution is 1.92. The molecule has 1 aromatic rings. The van der Waals surface area contributed by atoms with E-state index in [0.717, 1.165) is 37.4 Å². The molecule has 0 aliphatic rings. The van der Waals surface area contributed by atoms with Crippen LogP contribution in [0, 0.1) is 6.92 Å². The molecule has 0 saturated carbocycles. The van der Waals surface area contributed by atoms with Gasteiger partial charge in [-0.25, -0.2) is 0 Å². The van der Waals surface area contributed by atoms with E-state index in [-0.39, 0.29) is 0 Å². The smallest absolute Gasteiger partial charge is 0.0724 e. The predicted molar refractivity (Wildman–Crippen MR) is 52.1 cm³/mol. The maximum absolute atomic E-state index is 5.36. The molecule has 0 bridgehead atoms. The molecule has 72 valence electrons. The zero-order valence-corrected chi connectivity index (χ0v) is 7.95. The summed E-state index contributed by atoms with van der Waals surface area (Å²) in [4.78, 5) is 8.37. The van der Waals surface area contributed by atoms with Crippen molar-refractivity contribution in [3.05, 3.63) is 23.8 Å². The first-order chi connectivity index (χ1) is 6.33. The fourth-order valence-electron chi connectivity index (χ4n) is 0.954. The molecule has 0 amide bonds. The van der Waals surface area contributed by atoms with Crippen LogP contribution in [0.25, 0.3) is 0 Å². The van der Waals surface area contributed by atoms with Crippen LogP contribution in [0.15, 0.2) is 12.4 Å². The minimum absolute atomic E-state index is 0.729. The minimum atomic E-state index is 0.729. The molecule has 0 aromatic carbocycles. The first-order valence-corrected chi connectivity index (χ1v) is 4.51. The molecule has 1 aromatic heterocycles. The first-order valence-electron chi connectivity index (χ1n) is 4.51. The maximum Gasteiger partial charge on any atom is 0.0724 e. The van der Waals surface area contributed by atoms with E-state index in [0.29, 0.717) is 0 Å². The molecular formula is C9H16N4. The summed E-state index contributed by atoms with van der Waals surface area (Å²) >= 11 is 0. The average Bonchev–Trinajstić information content (AvgIpc) is 2.15. The van der Waals surface area contributed by atoms with Gasteiger partial charge in [-0.3, -0.25) is 9.97 Å². The molecule has 0 aliphatic carbocycles. The van der Waals surface area contributed by atoms with Crippen LogP contribution in [-0.2, 0) is 6.54 Å². The van der Waals surface area contributed by atoms with E-state index < -0.39 is 0 Å². The molecule has 1 rings (SSSR count). The number of hydrogen-bond acceptors (Lipinski definition) is 4. The quantitative estimate of drug-likeness (QED) is 0.636. The van der Waals surface area contributed by atoms with E-state index in [1.54, 1.807) is 12.4 Å². The lowest BCUT2D eigenvalue weighted by Crippen LogP contribution is -2.18. The summed E-state index contributed by atoms with van der Waals surface area (Å²) in [5, 5.41) is 3.24. The molecule has 0 aliphatic heterocycles. The van der Waals surface area contributed by atoms with Crippen LogP contribution in [0.3, 0.4) is 0 Å². The molecule has 3 N–H and O–H groups in total. The number of nitrogens with zero attached hydrogens (tertiary/aromatic N) is 2. The summed E-state index contributed by atoms with van der Waals surface area (Å²) in [6, 6.07) is 0. The largest absolute Gasteiger partial charge is 0.330 e. The third-order valence-corrected chi connectivity index (χ3v) is 1.70. The molecule has 4 heteroatoms. The van der Waals surface area contributed by atoms with E-state index in [1.807, 2.05) is 6.92 Å². The van der Waals surface area contributed by atoms with Gasteiger partial charge in [0.2, 0.25) is 0 Å². The first kappa shape index (κ1) is 10.1. The second-order valence-corrected chi connectivity index (χ2v) is 2.97. The Morgan fingerprint density at radius 2 is 2.23 bits per heavy atom. The zero-order valence-electron chi connectivity index (χ0n) is 7.95. The van der Waals surface area contributed by atoms with Crippen molar-refractivity contribution in [2.45, 2.75) is 19.9 Å². The predicted octanol–water partition coefficient (Wildman–Crippen LogP) is 0.223. The van der Waals surface area contributed by atoms with Gasteiger partial charge in [-0.15, -0.1) is 0 Å². The van der Waals surface area contributed by atoms with Crippen molar-refractivity contribution in [1.29, 1.82) is 0 Å². The van der Waals surface area contributed by atoms with Crippen LogP contribution in [-0.4, -0.2) is 23.1 Å². The van der Waals surface area contributed by atoms with Crippen LogP contribution in [0.1, 0.15) is 17.8 Å². The number of nitrogens with one attached hydrogen (secondary N) is 1. The summed E-state index contributed by atoms with van der Waals surface area (Å²) < 4.78 is 0. The Hall–Kier alpha value is -1.00. The summed E-state index contributed by atoms with van der Waals surface area (Å²) in [5.41, 5.74) is 7.28. The fourth-order valence-corrected chi connectivity index (χ4v) is 0.954. The summed E-state index contributed by atoms with van der Waals surface area (Å²) in [6.45, 7) is 4.37. The van der Waals surface area contributed by atoms with Gasteiger partial charge in [-0.05, 0) is 26.4 Å². The van der Waals surface area contributed by atoms with Crippen molar-refractivity contribution in [1.82, 2.24) is 15.3 Å². The Bertz CT molecular complexity index is 232. The Morgan fingerprint density at radius 1 is 1.38 bits per heavy atom. The van der Waals surface area contributed by atoms with Crippen LogP contribution < -0.4 is 11.1 Å². The van der Waals surface area contributed by atoms with Crippen LogP contribution in [0.2, 0.25) is 0 Å². The van der Waals surface area contributed by atoms with E-state index in [1.165, 1.54) is 0 Å². The summed E-state index contributed by atoms with van der Waals surface area (Å²) in [6.07, 6.45) is 4.57. The van der Waals surface area contributed by atoms with Crippen molar-refractivity contribution in [3.63, 3.8) is 0 Å². The number of rotatable bonds is 5. The lowest BCUT2D eigenvalue weighted by Gasteiger charge is -2.02. The van der Waals surface area contributed by atoms with E-state index >= 15 is 0 Å². The number of nitrogens with two attached hydrogens (primary N) is 1. The number of aryl methyl sites for hydroxylation is 1. The Morgan fingerprint density at radius 3 is 2.85 bits per heavy atom. The van der Waals surface area contributed by atoms with E-state index in [4.69, 9.17) is 5.73 Å². The lowest BCUT2D eigenvalue weighted by molar-refractivity contribution is 0.644. The highest BCUT2D eigenvalue weighted by atomic mass is 14.9. The van der Waals surface area contributed by atoms with Gasteiger partial charge in [-0.1, -0.05) is 0 Å². The number of hydrogen-bond donors (Lipinski definition) is 2. The summed E-state index contributed by atoms with van der Waals surface area (Å²) in [7, 11) is 0. The highest BCUT2D eigenvalue weighted by molar-refractivity contribution is 4.99. The maximum atomic E-state index is 5.36. The SMILES string of the molecule is Cc1cnc(CNCCCN)cn1. The molecule has 0 atom stereocenters. The molecule has 0 fully saturated rings. The average molecular weight is 180 g/mol. The molecule has 4 nitrogen and oxygen atoms in total. The van der Waals surface area contributed by atoms with Gasteiger partial charge in [0.1, 0.15) is 0 Å². The lowest BCUT2D eigenvalue weighted by atomic mass is 10.4. The second kappa shape index (κ2) is 5.61. The molecule has 0 unspecified atom stereocenters. The summed E-state index contributed by atoms with van der Waals surface area (Å²) in [5.74, 6) is 0.